The number of hydrogen-bond donors (Lipinski definition) is 0. The van der Waals surface area contributed by atoms with Crippen molar-refractivity contribution >= 4 is 0 Å². The Kier molecular flexibility index (Phi) is 1.63. The van der Waals surface area contributed by atoms with Gasteiger partial charge in [0.05, 0.1) is 0 Å². The van der Waals surface area contributed by atoms with E-state index in [2.05, 4.69) is 10.0 Å². The molecule has 0 atom stereocenters. The minimum Gasteiger partial charge on any atom is -0.207 e. The summed E-state index contributed by atoms with van der Waals surface area (Å²) in [5, 5.41) is 3.38. The summed E-state index contributed by atoms with van der Waals surface area (Å²) < 4.78 is 52.4. The van der Waals surface area contributed by atoms with Gasteiger partial charge in [0.2, 0.25) is 0 Å². The third kappa shape index (κ3) is 2.60. The van der Waals surface area contributed by atoms with Crippen LogP contribution in [0.5, 0.6) is 0 Å². The second-order valence-corrected chi connectivity index (χ2v) is 2.33. The smallest absolute Gasteiger partial charge is 0.123 e. The first-order valence-electron chi connectivity index (χ1n) is 7.58. The van der Waals surface area contributed by atoms with Crippen LogP contribution in [-0.4, -0.2) is 6.54 Å². The Labute approximate surface area is 83.3 Å². The van der Waals surface area contributed by atoms with Gasteiger partial charge in [-0.2, -0.15) is 0 Å². The van der Waals surface area contributed by atoms with Gasteiger partial charge in [0.25, 0.3) is 0 Å². The maximum absolute atomic E-state index is 12.4. The highest BCUT2D eigenvalue weighted by Gasteiger charge is 1.91. The van der Waals surface area contributed by atoms with Gasteiger partial charge in [-0.05, 0) is 29.6 Å². The van der Waals surface area contributed by atoms with E-state index in [1.807, 2.05) is 0 Å². The van der Waals surface area contributed by atoms with E-state index in [0.29, 0.717) is 13.0 Å². The largest absolute Gasteiger partial charge is 0.207 e. The average molecular weight is 184 g/mol. The second kappa shape index (κ2) is 4.36. The highest BCUT2D eigenvalue weighted by atomic mass is 19.1. The molecule has 12 heavy (non-hydrogen) atoms. The Morgan fingerprint density at radius 1 is 1.50 bits per heavy atom. The summed E-state index contributed by atoms with van der Waals surface area (Å²) in [5.41, 5.74) is 8.96. The van der Waals surface area contributed by atoms with Gasteiger partial charge >= 0.3 is 0 Å². The fourth-order valence-electron chi connectivity index (χ4n) is 0.875. The van der Waals surface area contributed by atoms with E-state index in [-0.39, 0.29) is 7.24 Å². The molecule has 1 rings (SSSR count). The maximum atomic E-state index is 12.4. The van der Waals surface area contributed by atoms with Gasteiger partial charge in [-0.1, -0.05) is 17.2 Å². The molecule has 0 heterocycles. The average Bonchev–Trinajstić information content (AvgIpc) is 2.57. The summed E-state index contributed by atoms with van der Waals surface area (Å²) in [6.07, 6.45) is 0.657. The lowest BCUT2D eigenvalue weighted by Crippen LogP contribution is -1.87. The maximum Gasteiger partial charge on any atom is 0.123 e. The molecule has 72 valence electrons. The quantitative estimate of drug-likeness (QED) is 0.388. The number of azide groups is 1. The lowest BCUT2D eigenvalue weighted by atomic mass is 10.1. The van der Waals surface area contributed by atoms with Crippen LogP contribution in [0.4, 0.5) is 4.39 Å². The number of nitrogens with zero attached hydrogens (tertiary/aromatic N) is 3. The van der Waals surface area contributed by atoms with E-state index in [1.165, 1.54) is 12.1 Å². The molecule has 0 aliphatic heterocycles. The van der Waals surface area contributed by atoms with Gasteiger partial charge in [-0.3, -0.25) is 0 Å². The molecule has 0 saturated heterocycles. The fourth-order valence-corrected chi connectivity index (χ4v) is 0.875. The predicted molar refractivity (Wildman–Crippen MR) is 54.7 cm³/mol. The van der Waals surface area contributed by atoms with Crippen LogP contribution in [0.3, 0.4) is 0 Å². The van der Waals surface area contributed by atoms with Crippen LogP contribution >= 0.6 is 0 Å². The number of rotatable bonds is 3. The van der Waals surface area contributed by atoms with Crippen LogP contribution < -0.4 is 0 Å². The Morgan fingerprint density at radius 2 is 2.17 bits per heavy atom. The van der Waals surface area contributed by atoms with Crippen LogP contribution in [0.2, 0.25) is 0 Å². The second-order valence-electron chi connectivity index (χ2n) is 2.33. The van der Waals surface area contributed by atoms with Gasteiger partial charge in [-0.15, -0.1) is 0 Å². The highest BCUT2D eigenvalue weighted by Crippen LogP contribution is 2.03. The van der Waals surface area contributed by atoms with Crippen molar-refractivity contribution in [3.63, 3.8) is 0 Å². The Morgan fingerprint density at radius 3 is 2.75 bits per heavy atom. The van der Waals surface area contributed by atoms with E-state index < -0.39 is 0 Å². The molecule has 4 heteroatoms. The summed E-state index contributed by atoms with van der Waals surface area (Å²) in [6, 6.07) is 6.15. The predicted octanol–water partition coefficient (Wildman–Crippen LogP) is 3.91. The Balaban J connectivity index is -0.0000000823. The van der Waals surface area contributed by atoms with E-state index in [0.717, 1.165) is 5.56 Å². The monoisotopic (exact) mass is 184 g/mol. The van der Waals surface area contributed by atoms with Gasteiger partial charge in [0.1, 0.15) is 5.82 Å². The molecule has 0 radical (unpaired) electrons. The van der Waals surface area contributed by atoms with Gasteiger partial charge in [-0.25, -0.2) is 4.39 Å². The summed E-state index contributed by atoms with van der Waals surface area (Å²) in [6.45, 7) is 0.419. The normalized spacial score (nSPS) is 11.8. The highest BCUT2D eigenvalue weighted by molar-refractivity contribution is 5.16. The molecule has 0 spiro atoms. The molecular formula is C8H18FN3. The molecule has 0 unspecified atom stereocenters. The van der Waals surface area contributed by atoms with E-state index in [9.17, 15) is 4.39 Å². The first-order valence-corrected chi connectivity index (χ1v) is 3.58. The van der Waals surface area contributed by atoms with Crippen LogP contribution in [-0.2, 0) is 6.42 Å². The third-order valence-electron chi connectivity index (χ3n) is 1.48. The third-order valence-corrected chi connectivity index (χ3v) is 1.48. The first-order chi connectivity index (χ1) is 9.83. The zero-order chi connectivity index (χ0) is 16.8. The van der Waals surface area contributed by atoms with Crippen molar-refractivity contribution in [1.29, 1.82) is 0 Å². The van der Waals surface area contributed by atoms with Crippen LogP contribution in [0.15, 0.2) is 29.4 Å². The fraction of sp³-hybridized carbons (Fsp3) is 0.250. The van der Waals surface area contributed by atoms with E-state index >= 15 is 0 Å². The molecule has 3 nitrogen and oxygen atoms in total. The van der Waals surface area contributed by atoms with E-state index in [4.69, 9.17) is 17.4 Å². The minimum absolute atomic E-state index is 0. The lowest BCUT2D eigenvalue weighted by Gasteiger charge is -1.95. The number of benzene rings is 1. The molecule has 0 saturated carbocycles. The summed E-state index contributed by atoms with van der Waals surface area (Å²) >= 11 is 0. The van der Waals surface area contributed by atoms with Crippen LogP contribution in [0, 0.1) is 5.82 Å². The molecule has 1 aromatic rings. The molecular weight excluding hydrogens is 157 g/mol. The molecule has 0 aliphatic carbocycles. The molecule has 0 N–H and O–H groups in total. The van der Waals surface area contributed by atoms with Crippen molar-refractivity contribution in [1.82, 2.24) is 0 Å². The molecule has 1 aromatic carbocycles. The van der Waals surface area contributed by atoms with Gasteiger partial charge < -0.3 is 0 Å². The van der Waals surface area contributed by atoms with Crippen molar-refractivity contribution < 1.29 is 17.7 Å². The summed E-state index contributed by atoms with van der Waals surface area (Å²) in [7, 11) is 0. The van der Waals surface area contributed by atoms with Crippen LogP contribution in [0.1, 0.15) is 18.9 Å². The molecule has 0 amide bonds. The topological polar surface area (TPSA) is 48.8 Å². The SMILES string of the molecule is [2HH].[2H][2H].[2H][2H].[2H][2H].[2H][2H].[N-]=[N+]=NCCc1ccc(F)cc1. The molecule has 0 aliphatic rings. The molecule has 0 bridgehead atoms. The molecule has 0 fully saturated rings. The van der Waals surface area contributed by atoms with Crippen molar-refractivity contribution in [2.75, 3.05) is 6.54 Å². The van der Waals surface area contributed by atoms with Gasteiger partial charge in [0.15, 0.2) is 0 Å². The first kappa shape index (κ1) is 4.48. The van der Waals surface area contributed by atoms with Crippen molar-refractivity contribution in [2.45, 2.75) is 6.42 Å². The number of hydrogen-bond acceptors (Lipinski definition) is 1. The standard InChI is InChI=1S/C8H8FN3.5H2/c9-8-3-1-7(2-4-8)5-6-11-12-10;;;;;/h1-4H,5-6H2;5*1H/i;4*1+1D;1+1. The lowest BCUT2D eigenvalue weighted by molar-refractivity contribution is 0.627. The van der Waals surface area contributed by atoms with Gasteiger partial charge in [0, 0.05) is 24.8 Å². The molecule has 0 aromatic heterocycles. The Hall–Kier alpha value is -1.54. The van der Waals surface area contributed by atoms with E-state index in [1.54, 1.807) is 12.1 Å². The Bertz CT molecular complexity index is 308. The zero-order valence-electron chi connectivity index (χ0n) is 14.4. The van der Waals surface area contributed by atoms with Crippen molar-refractivity contribution in [2.24, 2.45) is 5.11 Å². The summed E-state index contributed by atoms with van der Waals surface area (Å²) in [5.74, 6) is -0.248. The number of halogens is 1. The van der Waals surface area contributed by atoms with Crippen molar-refractivity contribution in [3.05, 3.63) is 46.1 Å². The minimum atomic E-state index is -0.248. The van der Waals surface area contributed by atoms with Crippen LogP contribution in [0.25, 0.3) is 10.4 Å². The zero-order valence-corrected chi connectivity index (χ0v) is 6.44. The van der Waals surface area contributed by atoms with Crippen molar-refractivity contribution in [3.8, 4) is 0 Å². The summed E-state index contributed by atoms with van der Waals surface area (Å²) in [4.78, 5) is 2.62.